The number of nitrogens with zero attached hydrogens (tertiary/aromatic N) is 1. The molecule has 0 heterocycles. The van der Waals surface area contributed by atoms with Crippen LogP contribution in [0.3, 0.4) is 0 Å². The Labute approximate surface area is 103 Å². The van der Waals surface area contributed by atoms with Gasteiger partial charge in [0, 0.05) is 0 Å². The van der Waals surface area contributed by atoms with Crippen LogP contribution in [-0.2, 0) is 0 Å². The molecule has 0 radical (unpaired) electrons. The maximum atomic E-state index is 4.88. The summed E-state index contributed by atoms with van der Waals surface area (Å²) in [4.78, 5) is 3.65. The van der Waals surface area contributed by atoms with Crippen LogP contribution in [0.15, 0.2) is 4.90 Å². The molecule has 0 atom stereocenters. The summed E-state index contributed by atoms with van der Waals surface area (Å²) in [5.74, 6) is 29.5. The van der Waals surface area contributed by atoms with Crippen molar-refractivity contribution in [3.05, 3.63) is 0 Å². The van der Waals surface area contributed by atoms with E-state index in [0.717, 1.165) is 0 Å². The molecule has 0 fully saturated rings. The molecule has 0 aromatic heterocycles. The molecular weight excluding hydrogens is 205 g/mol. The number of hydrogen-bond acceptors (Lipinski definition) is 1. The van der Waals surface area contributed by atoms with Crippen LogP contribution in [-0.4, -0.2) is 7.07 Å². The quantitative estimate of drug-likeness (QED) is 0.406. The molecule has 0 aromatic carbocycles. The molecule has 1 nitrogen and oxygen atoms in total. The van der Waals surface area contributed by atoms with Gasteiger partial charge >= 0.3 is 102 Å². The number of terminal acetylenes is 1. The standard InChI is InChI=1S/C15H4BN/c1-3-5-7-9-11-13-15-17-16-14-12-10-8-6-4-2/h1H,2H3. The van der Waals surface area contributed by atoms with Gasteiger partial charge < -0.3 is 0 Å². The van der Waals surface area contributed by atoms with Crippen molar-refractivity contribution in [2.75, 3.05) is 0 Å². The molecule has 0 aromatic rings. The molecule has 0 unspecified atom stereocenters. The molecule has 72 valence electrons. The molecule has 0 amide bonds. The zero-order valence-corrected chi connectivity index (χ0v) is 9.10. The molecule has 0 saturated heterocycles. The Bertz CT molecular complexity index is 695. The van der Waals surface area contributed by atoms with Gasteiger partial charge in [0.1, 0.15) is 0 Å². The zero-order chi connectivity index (χ0) is 12.6. The van der Waals surface area contributed by atoms with Crippen LogP contribution < -0.4 is 0 Å². The summed E-state index contributed by atoms with van der Waals surface area (Å²) < 4.78 is 0. The summed E-state index contributed by atoms with van der Waals surface area (Å²) in [6, 6.07) is 2.41. The Balaban J connectivity index is 4.17. The minimum absolute atomic E-state index is 1.33. The second-order valence-corrected chi connectivity index (χ2v) is 2.03. The van der Waals surface area contributed by atoms with Crippen molar-refractivity contribution < 1.29 is 0 Å². The monoisotopic (exact) mass is 209 g/mol. The van der Waals surface area contributed by atoms with Crippen molar-refractivity contribution in [2.45, 2.75) is 6.92 Å². The van der Waals surface area contributed by atoms with Gasteiger partial charge in [-0.3, -0.25) is 0 Å². The van der Waals surface area contributed by atoms with E-state index < -0.39 is 0 Å². The van der Waals surface area contributed by atoms with E-state index in [9.17, 15) is 0 Å². The van der Waals surface area contributed by atoms with Crippen molar-refractivity contribution in [3.8, 4) is 83.4 Å². The molecule has 0 saturated carbocycles. The van der Waals surface area contributed by atoms with Gasteiger partial charge in [-0.2, -0.15) is 0 Å². The fourth-order valence-corrected chi connectivity index (χ4v) is 0.448. The van der Waals surface area contributed by atoms with Crippen molar-refractivity contribution in [1.29, 1.82) is 0 Å². The Morgan fingerprint density at radius 3 is 2.24 bits per heavy atom. The van der Waals surface area contributed by atoms with Gasteiger partial charge in [0.25, 0.3) is 0 Å². The summed E-state index contributed by atoms with van der Waals surface area (Å²) in [6.07, 6.45) is 4.88. The topological polar surface area (TPSA) is 12.4 Å². The molecule has 0 bridgehead atoms. The Hall–Kier alpha value is -3.22. The van der Waals surface area contributed by atoms with Gasteiger partial charge in [0.2, 0.25) is 0 Å². The van der Waals surface area contributed by atoms with Gasteiger partial charge in [-0.05, 0) is 0 Å². The van der Waals surface area contributed by atoms with Gasteiger partial charge in [-0.15, -0.1) is 0 Å². The molecule has 0 spiro atoms. The van der Waals surface area contributed by atoms with Crippen molar-refractivity contribution in [1.82, 2.24) is 0 Å². The maximum absolute atomic E-state index is 4.88. The first kappa shape index (κ1) is 13.8. The van der Waals surface area contributed by atoms with Crippen molar-refractivity contribution >= 4 is 7.07 Å². The summed E-state index contributed by atoms with van der Waals surface area (Å²) in [5.41, 5.74) is 0. The van der Waals surface area contributed by atoms with Crippen LogP contribution in [0.1, 0.15) is 6.92 Å². The first-order chi connectivity index (χ1) is 8.41. The first-order valence-corrected chi connectivity index (χ1v) is 4.31. The molecular formula is C15H4BN. The van der Waals surface area contributed by atoms with E-state index >= 15 is 0 Å². The first-order valence-electron chi connectivity index (χ1n) is 4.31. The van der Waals surface area contributed by atoms with Gasteiger partial charge in [0.15, 0.2) is 0 Å². The van der Waals surface area contributed by atoms with E-state index in [1.165, 1.54) is 7.07 Å². The molecule has 2 heteroatoms. The third kappa shape index (κ3) is 12.8. The van der Waals surface area contributed by atoms with Crippen LogP contribution in [0.2, 0.25) is 0 Å². The zero-order valence-electron chi connectivity index (χ0n) is 9.10. The third-order valence-electron chi connectivity index (χ3n) is 0.956. The molecule has 0 aliphatic rings. The van der Waals surface area contributed by atoms with Gasteiger partial charge in [-0.25, -0.2) is 0 Å². The van der Waals surface area contributed by atoms with E-state index in [1.54, 1.807) is 6.92 Å². The minimum atomic E-state index is 1.33. The molecule has 0 aliphatic heterocycles. The second-order valence-electron chi connectivity index (χ2n) is 2.03. The Kier molecular flexibility index (Phi) is 10.4. The van der Waals surface area contributed by atoms with E-state index in [2.05, 4.69) is 81.9 Å². The van der Waals surface area contributed by atoms with Crippen LogP contribution in [0.4, 0.5) is 0 Å². The SMILES string of the molecule is C#CC#CC#CC#C/N=B/C#CC#CC#CC. The van der Waals surface area contributed by atoms with E-state index in [0.29, 0.717) is 0 Å². The Morgan fingerprint density at radius 1 is 0.824 bits per heavy atom. The van der Waals surface area contributed by atoms with Gasteiger partial charge in [0.05, 0.1) is 0 Å². The fraction of sp³-hybridized carbons (Fsp3) is 0.0667. The second kappa shape index (κ2) is 12.8. The third-order valence-corrected chi connectivity index (χ3v) is 0.956. The van der Waals surface area contributed by atoms with E-state index in [-0.39, 0.29) is 0 Å². The number of rotatable bonds is 0. The van der Waals surface area contributed by atoms with Crippen molar-refractivity contribution in [2.24, 2.45) is 4.90 Å². The van der Waals surface area contributed by atoms with Crippen LogP contribution in [0.25, 0.3) is 0 Å². The van der Waals surface area contributed by atoms with Crippen LogP contribution in [0, 0.1) is 83.4 Å². The van der Waals surface area contributed by atoms with Crippen LogP contribution >= 0.6 is 0 Å². The predicted octanol–water partition coefficient (Wildman–Crippen LogP) is 0.463. The van der Waals surface area contributed by atoms with Crippen molar-refractivity contribution in [3.63, 3.8) is 0 Å². The van der Waals surface area contributed by atoms with E-state index in [4.69, 9.17) is 6.42 Å². The molecule has 17 heavy (non-hydrogen) atoms. The average Bonchev–Trinajstić information content (AvgIpc) is 2.35. The van der Waals surface area contributed by atoms with E-state index in [1.807, 2.05) is 0 Å². The van der Waals surface area contributed by atoms with Crippen LogP contribution in [0.5, 0.6) is 0 Å². The predicted molar refractivity (Wildman–Crippen MR) is 69.3 cm³/mol. The Morgan fingerprint density at radius 2 is 1.47 bits per heavy atom. The fourth-order valence-electron chi connectivity index (χ4n) is 0.448. The molecule has 0 N–H and O–H groups in total. The average molecular weight is 209 g/mol. The normalized spacial score (nSPS) is 4.71. The summed E-state index contributed by atoms with van der Waals surface area (Å²) in [6.45, 7) is 1.70. The summed E-state index contributed by atoms with van der Waals surface area (Å²) in [5, 5.41) is 0. The molecule has 0 rings (SSSR count). The number of hydrogen-bond donors (Lipinski definition) is 0. The molecule has 0 aliphatic carbocycles. The van der Waals surface area contributed by atoms with Gasteiger partial charge in [-0.1, -0.05) is 0 Å². The summed E-state index contributed by atoms with van der Waals surface area (Å²) >= 11 is 0. The summed E-state index contributed by atoms with van der Waals surface area (Å²) in [7, 11) is 1.33.